The lowest BCUT2D eigenvalue weighted by Gasteiger charge is -2.25. The summed E-state index contributed by atoms with van der Waals surface area (Å²) in [6.07, 6.45) is 0. The zero-order valence-electron chi connectivity index (χ0n) is 8.89. The van der Waals surface area contributed by atoms with Crippen molar-refractivity contribution < 1.29 is 8.85 Å². The van der Waals surface area contributed by atoms with E-state index in [1.54, 1.807) is 7.11 Å². The lowest BCUT2D eigenvalue weighted by atomic mass is 10.6. The van der Waals surface area contributed by atoms with Crippen LogP contribution in [0.4, 0.5) is 0 Å². The van der Waals surface area contributed by atoms with Crippen LogP contribution in [0, 0.1) is 0 Å². The van der Waals surface area contributed by atoms with Crippen molar-refractivity contribution in [2.75, 3.05) is 26.9 Å². The average molecular weight is 191 g/mol. The largest absolute Gasteiger partial charge is 0.398 e. The van der Waals surface area contributed by atoms with Gasteiger partial charge in [-0.25, -0.2) is 0 Å². The van der Waals surface area contributed by atoms with Crippen LogP contribution in [0.5, 0.6) is 0 Å². The lowest BCUT2D eigenvalue weighted by Crippen LogP contribution is -2.38. The van der Waals surface area contributed by atoms with Crippen LogP contribution in [0.3, 0.4) is 0 Å². The fraction of sp³-hybridized carbons (Fsp3) is 1.00. The zero-order valence-corrected chi connectivity index (χ0v) is 9.89. The molecule has 0 atom stereocenters. The molecule has 0 radical (unpaired) electrons. The predicted molar refractivity (Wildman–Crippen MR) is 53.4 cm³/mol. The van der Waals surface area contributed by atoms with Gasteiger partial charge >= 0.3 is 8.56 Å². The number of hydrogen-bond donors (Lipinski definition) is 0. The topological polar surface area (TPSA) is 21.7 Å². The maximum atomic E-state index is 5.67. The molecule has 0 bridgehead atoms. The Hall–Kier alpha value is 0.0969. The van der Waals surface area contributed by atoms with Gasteiger partial charge in [0.05, 0.1) is 6.73 Å². The Morgan fingerprint density at radius 3 is 2.00 bits per heavy atom. The second kappa shape index (κ2) is 5.69. The van der Waals surface area contributed by atoms with E-state index in [1.165, 1.54) is 0 Å². The molecule has 4 heteroatoms. The highest BCUT2D eigenvalue weighted by Gasteiger charge is 2.22. The molecule has 0 aliphatic heterocycles. The van der Waals surface area contributed by atoms with Gasteiger partial charge in [-0.2, -0.15) is 0 Å². The third kappa shape index (κ3) is 4.87. The highest BCUT2D eigenvalue weighted by Crippen LogP contribution is 2.04. The molecule has 0 aliphatic carbocycles. The molecule has 0 spiro atoms. The van der Waals surface area contributed by atoms with E-state index in [4.69, 9.17) is 8.85 Å². The summed E-state index contributed by atoms with van der Waals surface area (Å²) in [6.45, 7) is 11.1. The summed E-state index contributed by atoms with van der Waals surface area (Å²) in [6, 6.07) is 0. The summed E-state index contributed by atoms with van der Waals surface area (Å²) in [4.78, 5) is 2.23. The maximum absolute atomic E-state index is 5.67. The minimum absolute atomic E-state index is 0.695. The molecule has 0 N–H and O–H groups in total. The molecule has 0 unspecified atom stereocenters. The van der Waals surface area contributed by atoms with Crippen molar-refractivity contribution in [2.24, 2.45) is 0 Å². The number of nitrogens with zero attached hydrogens (tertiary/aromatic N) is 1. The van der Waals surface area contributed by atoms with E-state index in [0.717, 1.165) is 13.1 Å². The van der Waals surface area contributed by atoms with Gasteiger partial charge in [0.25, 0.3) is 0 Å². The second-order valence-electron chi connectivity index (χ2n) is 3.18. The normalized spacial score (nSPS) is 12.5. The Balaban J connectivity index is 3.65. The van der Waals surface area contributed by atoms with Gasteiger partial charge in [0.15, 0.2) is 0 Å². The Kier molecular flexibility index (Phi) is 5.74. The molecular formula is C8H21NO2Si. The molecule has 12 heavy (non-hydrogen) atoms. The van der Waals surface area contributed by atoms with Gasteiger partial charge in [-0.15, -0.1) is 0 Å². The molecule has 0 aliphatic rings. The van der Waals surface area contributed by atoms with Crippen molar-refractivity contribution in [3.8, 4) is 0 Å². The van der Waals surface area contributed by atoms with Crippen LogP contribution in [-0.4, -0.2) is 40.4 Å². The van der Waals surface area contributed by atoms with Gasteiger partial charge in [-0.3, -0.25) is 4.90 Å². The van der Waals surface area contributed by atoms with Crippen molar-refractivity contribution in [3.05, 3.63) is 0 Å². The predicted octanol–water partition coefficient (Wildman–Crippen LogP) is 1.65. The van der Waals surface area contributed by atoms with Crippen molar-refractivity contribution in [1.29, 1.82) is 0 Å². The summed E-state index contributed by atoms with van der Waals surface area (Å²) >= 11 is 0. The third-order valence-corrected chi connectivity index (χ3v) is 3.79. The van der Waals surface area contributed by atoms with Gasteiger partial charge in [-0.05, 0) is 26.2 Å². The Labute approximate surface area is 76.9 Å². The molecule has 3 nitrogen and oxygen atoms in total. The maximum Gasteiger partial charge on any atom is 0.332 e. The van der Waals surface area contributed by atoms with E-state index in [1.807, 2.05) is 0 Å². The van der Waals surface area contributed by atoms with Crippen LogP contribution in [0.2, 0.25) is 13.1 Å². The molecule has 74 valence electrons. The zero-order chi connectivity index (χ0) is 9.61. The van der Waals surface area contributed by atoms with Crippen molar-refractivity contribution in [3.63, 3.8) is 0 Å². The molecule has 0 rings (SSSR count). The smallest absolute Gasteiger partial charge is 0.332 e. The van der Waals surface area contributed by atoms with Crippen LogP contribution in [-0.2, 0) is 8.85 Å². The molecule has 0 saturated carbocycles. The molecular weight excluding hydrogens is 170 g/mol. The van der Waals surface area contributed by atoms with E-state index in [2.05, 4.69) is 31.8 Å². The van der Waals surface area contributed by atoms with E-state index >= 15 is 0 Å². The highest BCUT2D eigenvalue weighted by atomic mass is 28.4. The lowest BCUT2D eigenvalue weighted by molar-refractivity contribution is 0.0996. The number of hydrogen-bond acceptors (Lipinski definition) is 3. The van der Waals surface area contributed by atoms with Gasteiger partial charge < -0.3 is 8.85 Å². The SMILES string of the molecule is CCN(CC)CO[Si](C)(C)OC. The standard InChI is InChI=1S/C8H21NO2Si/c1-6-9(7-2)8-11-12(4,5)10-3/h6-8H2,1-5H3. The first-order chi connectivity index (χ1) is 5.55. The molecule has 0 aromatic heterocycles. The van der Waals surface area contributed by atoms with Crippen LogP contribution in [0.25, 0.3) is 0 Å². The third-order valence-electron chi connectivity index (χ3n) is 1.98. The molecule has 0 saturated heterocycles. The van der Waals surface area contributed by atoms with Crippen molar-refractivity contribution in [1.82, 2.24) is 4.90 Å². The van der Waals surface area contributed by atoms with Gasteiger partial charge in [-0.1, -0.05) is 13.8 Å². The highest BCUT2D eigenvalue weighted by molar-refractivity contribution is 6.64. The van der Waals surface area contributed by atoms with E-state index in [-0.39, 0.29) is 0 Å². The van der Waals surface area contributed by atoms with Crippen molar-refractivity contribution in [2.45, 2.75) is 26.9 Å². The molecule has 0 heterocycles. The molecule has 0 fully saturated rings. The quantitative estimate of drug-likeness (QED) is 0.471. The van der Waals surface area contributed by atoms with Gasteiger partial charge in [0.2, 0.25) is 0 Å². The molecule has 0 aromatic rings. The van der Waals surface area contributed by atoms with Crippen LogP contribution >= 0.6 is 0 Å². The van der Waals surface area contributed by atoms with E-state index in [9.17, 15) is 0 Å². The van der Waals surface area contributed by atoms with Crippen LogP contribution < -0.4 is 0 Å². The molecule has 0 amide bonds. The first kappa shape index (κ1) is 12.1. The Morgan fingerprint density at radius 1 is 1.17 bits per heavy atom. The van der Waals surface area contributed by atoms with E-state index < -0.39 is 8.56 Å². The first-order valence-corrected chi connectivity index (χ1v) is 7.28. The van der Waals surface area contributed by atoms with Gasteiger partial charge in [0.1, 0.15) is 0 Å². The minimum atomic E-state index is -1.81. The second-order valence-corrected chi connectivity index (χ2v) is 6.68. The fourth-order valence-corrected chi connectivity index (χ4v) is 1.32. The fourth-order valence-electron chi connectivity index (χ4n) is 0.712. The molecule has 0 aromatic carbocycles. The van der Waals surface area contributed by atoms with Gasteiger partial charge in [0, 0.05) is 7.11 Å². The summed E-state index contributed by atoms with van der Waals surface area (Å²) in [5.41, 5.74) is 0. The minimum Gasteiger partial charge on any atom is -0.398 e. The van der Waals surface area contributed by atoms with E-state index in [0.29, 0.717) is 6.73 Å². The van der Waals surface area contributed by atoms with Crippen molar-refractivity contribution >= 4 is 8.56 Å². The van der Waals surface area contributed by atoms with Crippen LogP contribution in [0.15, 0.2) is 0 Å². The summed E-state index contributed by atoms with van der Waals surface area (Å²) in [7, 11) is -0.0975. The summed E-state index contributed by atoms with van der Waals surface area (Å²) in [5.74, 6) is 0. The van der Waals surface area contributed by atoms with Crippen LogP contribution in [0.1, 0.15) is 13.8 Å². The Bertz CT molecular complexity index is 116. The average Bonchev–Trinajstić information content (AvgIpc) is 2.06. The summed E-state index contributed by atoms with van der Waals surface area (Å²) in [5, 5.41) is 0. The summed E-state index contributed by atoms with van der Waals surface area (Å²) < 4.78 is 10.9. The Morgan fingerprint density at radius 2 is 1.67 bits per heavy atom. The monoisotopic (exact) mass is 191 g/mol. The number of rotatable bonds is 6. The first-order valence-electron chi connectivity index (χ1n) is 4.47.